The van der Waals surface area contributed by atoms with Gasteiger partial charge in [0.1, 0.15) is 0 Å². The predicted molar refractivity (Wildman–Crippen MR) is 194 cm³/mol. The van der Waals surface area contributed by atoms with Crippen LogP contribution in [-0.2, 0) is 0 Å². The van der Waals surface area contributed by atoms with Gasteiger partial charge in [0.15, 0.2) is 0 Å². The molecule has 0 aliphatic carbocycles. The summed E-state index contributed by atoms with van der Waals surface area (Å²) in [4.78, 5) is 1.01. The topological polar surface area (TPSA) is 0 Å². The number of fused-ring (bicyclic) bond motifs is 12. The fraction of sp³-hybridized carbons (Fsp3) is 0.0233. The van der Waals surface area contributed by atoms with Gasteiger partial charge in [-0.05, 0) is 118 Å². The van der Waals surface area contributed by atoms with E-state index >= 15 is 0 Å². The van der Waals surface area contributed by atoms with E-state index in [-0.39, 0.29) is 0 Å². The summed E-state index contributed by atoms with van der Waals surface area (Å²) >= 11 is 5.13. The zero-order chi connectivity index (χ0) is 29.4. The molecular formula is C43H28S. The van der Waals surface area contributed by atoms with E-state index in [1.807, 2.05) is 0 Å². The molecule has 0 saturated carbocycles. The second-order valence-electron chi connectivity index (χ2n) is 11.9. The van der Waals surface area contributed by atoms with Gasteiger partial charge in [0.2, 0.25) is 0 Å². The smallest absolute Gasteiger partial charge is 0.0197 e. The van der Waals surface area contributed by atoms with Crippen LogP contribution in [0.2, 0.25) is 0 Å². The average Bonchev–Trinajstić information content (AvgIpc) is 3.08. The second-order valence-corrected chi connectivity index (χ2v) is 12.3. The van der Waals surface area contributed by atoms with Gasteiger partial charge in [-0.1, -0.05) is 127 Å². The molecule has 9 rings (SSSR count). The molecule has 0 nitrogen and oxygen atoms in total. The number of hydrogen-bond acceptors (Lipinski definition) is 1. The minimum Gasteiger partial charge on any atom is -0.142 e. The Bertz CT molecular complexity index is 2630. The molecule has 0 saturated heterocycles. The van der Waals surface area contributed by atoms with Crippen molar-refractivity contribution in [1.29, 1.82) is 0 Å². The van der Waals surface area contributed by atoms with Crippen LogP contribution >= 0.6 is 12.6 Å². The first kappa shape index (κ1) is 25.4. The summed E-state index contributed by atoms with van der Waals surface area (Å²) in [6.07, 6.45) is 0. The van der Waals surface area contributed by atoms with Crippen molar-refractivity contribution in [2.75, 3.05) is 0 Å². The molecule has 0 aliphatic rings. The Labute approximate surface area is 261 Å². The second kappa shape index (κ2) is 9.71. The number of rotatable bonds is 2. The van der Waals surface area contributed by atoms with Gasteiger partial charge in [0, 0.05) is 4.90 Å². The molecular weight excluding hydrogens is 549 g/mol. The Balaban J connectivity index is 1.41. The Morgan fingerprint density at radius 3 is 1.25 bits per heavy atom. The van der Waals surface area contributed by atoms with Crippen molar-refractivity contribution >= 4 is 77.3 Å². The molecule has 9 aromatic rings. The Morgan fingerprint density at radius 1 is 0.318 bits per heavy atom. The first-order valence-electron chi connectivity index (χ1n) is 15.2. The maximum absolute atomic E-state index is 5.13. The van der Waals surface area contributed by atoms with Crippen LogP contribution in [0.1, 0.15) is 5.56 Å². The largest absolute Gasteiger partial charge is 0.142 e. The van der Waals surface area contributed by atoms with Gasteiger partial charge < -0.3 is 0 Å². The quantitative estimate of drug-likeness (QED) is 0.118. The fourth-order valence-corrected chi connectivity index (χ4v) is 7.79. The summed E-state index contributed by atoms with van der Waals surface area (Å²) in [5.74, 6) is 0. The standard InChI is InChI=1S/C43H28S/c1-26-11-2-3-12-28(26)37-20-10-19-29(43(37)44)27-21-22-36-32-15-6-9-18-35(32)41-24-39-33-16-7-4-13-30(33)31-14-5-8-17-34(31)40(39)25-42(41)38(36)23-27/h2-25,44H,1H3. The lowest BCUT2D eigenvalue weighted by Crippen LogP contribution is -1.90. The van der Waals surface area contributed by atoms with Crippen molar-refractivity contribution in [3.63, 3.8) is 0 Å². The third kappa shape index (κ3) is 3.66. The molecule has 0 radical (unpaired) electrons. The highest BCUT2D eigenvalue weighted by Crippen LogP contribution is 2.44. The summed E-state index contributed by atoms with van der Waals surface area (Å²) in [5.41, 5.74) is 5.97. The Morgan fingerprint density at radius 2 is 0.705 bits per heavy atom. The van der Waals surface area contributed by atoms with Gasteiger partial charge in [-0.15, -0.1) is 12.6 Å². The van der Waals surface area contributed by atoms with E-state index in [2.05, 4.69) is 153 Å². The van der Waals surface area contributed by atoms with E-state index in [9.17, 15) is 0 Å². The van der Waals surface area contributed by atoms with E-state index in [0.717, 1.165) is 16.0 Å². The van der Waals surface area contributed by atoms with Crippen molar-refractivity contribution in [3.8, 4) is 22.3 Å². The highest BCUT2D eigenvalue weighted by atomic mass is 32.1. The first-order valence-corrected chi connectivity index (χ1v) is 15.6. The van der Waals surface area contributed by atoms with E-state index in [1.165, 1.54) is 81.3 Å². The Hall–Kier alpha value is -5.11. The van der Waals surface area contributed by atoms with Crippen LogP contribution < -0.4 is 0 Å². The molecule has 0 unspecified atom stereocenters. The highest BCUT2D eigenvalue weighted by Gasteiger charge is 2.16. The third-order valence-corrected chi connectivity index (χ3v) is 9.96. The van der Waals surface area contributed by atoms with E-state index < -0.39 is 0 Å². The summed E-state index contributed by atoms with van der Waals surface area (Å²) in [6.45, 7) is 2.17. The van der Waals surface area contributed by atoms with E-state index in [0.29, 0.717) is 0 Å². The van der Waals surface area contributed by atoms with Crippen molar-refractivity contribution in [1.82, 2.24) is 0 Å². The lowest BCUT2D eigenvalue weighted by atomic mass is 9.87. The normalized spacial score (nSPS) is 11.9. The zero-order valence-electron chi connectivity index (χ0n) is 24.3. The molecule has 0 spiro atoms. The summed E-state index contributed by atoms with van der Waals surface area (Å²) in [7, 11) is 0. The summed E-state index contributed by atoms with van der Waals surface area (Å²) in [5, 5.41) is 15.5. The molecule has 44 heavy (non-hydrogen) atoms. The molecule has 0 amide bonds. The highest BCUT2D eigenvalue weighted by molar-refractivity contribution is 7.80. The minimum absolute atomic E-state index is 1.01. The van der Waals surface area contributed by atoms with Gasteiger partial charge in [-0.25, -0.2) is 0 Å². The maximum Gasteiger partial charge on any atom is 0.0197 e. The fourth-order valence-electron chi connectivity index (χ4n) is 7.39. The molecule has 0 aromatic heterocycles. The van der Waals surface area contributed by atoms with Gasteiger partial charge >= 0.3 is 0 Å². The Kier molecular flexibility index (Phi) is 5.60. The maximum atomic E-state index is 5.13. The van der Waals surface area contributed by atoms with Crippen molar-refractivity contribution in [3.05, 3.63) is 151 Å². The van der Waals surface area contributed by atoms with Crippen LogP contribution in [0.25, 0.3) is 86.9 Å². The SMILES string of the molecule is Cc1ccccc1-c1cccc(-c2ccc3c4ccccc4c4cc5c6ccccc6c6ccccc6c5cc4c3c2)c1S. The number of thiol groups is 1. The van der Waals surface area contributed by atoms with E-state index in [1.54, 1.807) is 0 Å². The monoisotopic (exact) mass is 576 g/mol. The number of benzene rings is 9. The third-order valence-electron chi connectivity index (χ3n) is 9.48. The first-order chi connectivity index (χ1) is 21.7. The van der Waals surface area contributed by atoms with Crippen molar-refractivity contribution in [2.45, 2.75) is 11.8 Å². The van der Waals surface area contributed by atoms with E-state index in [4.69, 9.17) is 12.6 Å². The molecule has 0 fully saturated rings. The molecule has 0 N–H and O–H groups in total. The van der Waals surface area contributed by atoms with Gasteiger partial charge in [0.25, 0.3) is 0 Å². The predicted octanol–water partition coefficient (Wildman–Crippen LogP) is 12.5. The van der Waals surface area contributed by atoms with Crippen LogP contribution in [0, 0.1) is 6.92 Å². The van der Waals surface area contributed by atoms with Gasteiger partial charge in [-0.3, -0.25) is 0 Å². The van der Waals surface area contributed by atoms with Gasteiger partial charge in [0.05, 0.1) is 0 Å². The lowest BCUT2D eigenvalue weighted by Gasteiger charge is -2.17. The van der Waals surface area contributed by atoms with Crippen LogP contribution in [0.5, 0.6) is 0 Å². The van der Waals surface area contributed by atoms with Crippen LogP contribution in [-0.4, -0.2) is 0 Å². The summed E-state index contributed by atoms with van der Waals surface area (Å²) < 4.78 is 0. The molecule has 0 bridgehead atoms. The zero-order valence-corrected chi connectivity index (χ0v) is 25.2. The number of hydrogen-bond donors (Lipinski definition) is 1. The number of aryl methyl sites for hydroxylation is 1. The summed E-state index contributed by atoms with van der Waals surface area (Å²) in [6, 6.07) is 53.5. The lowest BCUT2D eigenvalue weighted by molar-refractivity contribution is 1.40. The molecule has 206 valence electrons. The van der Waals surface area contributed by atoms with Crippen molar-refractivity contribution < 1.29 is 0 Å². The molecule has 0 aliphatic heterocycles. The average molecular weight is 577 g/mol. The molecule has 1 heteroatoms. The van der Waals surface area contributed by atoms with Gasteiger partial charge in [-0.2, -0.15) is 0 Å². The molecule has 0 heterocycles. The molecule has 9 aromatic carbocycles. The van der Waals surface area contributed by atoms with Crippen molar-refractivity contribution in [2.24, 2.45) is 0 Å². The molecule has 0 atom stereocenters. The van der Waals surface area contributed by atoms with Crippen LogP contribution in [0.15, 0.2) is 150 Å². The minimum atomic E-state index is 1.01. The van der Waals surface area contributed by atoms with Crippen LogP contribution in [0.3, 0.4) is 0 Å². The van der Waals surface area contributed by atoms with Crippen LogP contribution in [0.4, 0.5) is 0 Å².